The Morgan fingerprint density at radius 3 is 2.71 bits per heavy atom. The van der Waals surface area contributed by atoms with Crippen LogP contribution in [0.25, 0.3) is 0 Å². The summed E-state index contributed by atoms with van der Waals surface area (Å²) >= 11 is 12.0. The minimum absolute atomic E-state index is 0. The van der Waals surface area contributed by atoms with E-state index in [1.165, 1.54) is 0 Å². The molecule has 0 unspecified atom stereocenters. The first-order valence-electron chi connectivity index (χ1n) is 7.26. The molecule has 0 bridgehead atoms. The quantitative estimate of drug-likeness (QED) is 0.284. The van der Waals surface area contributed by atoms with Crippen LogP contribution in [0.15, 0.2) is 27.7 Å². The number of halogens is 3. The monoisotopic (exact) mass is 483 g/mol. The number of guanidine groups is 1. The predicted octanol–water partition coefficient (Wildman–Crippen LogP) is 3.60. The Labute approximate surface area is 168 Å². The Morgan fingerprint density at radius 1 is 1.29 bits per heavy atom. The lowest BCUT2D eigenvalue weighted by molar-refractivity contribution is 0.372. The van der Waals surface area contributed by atoms with Gasteiger partial charge in [0.1, 0.15) is 0 Å². The molecule has 1 aromatic heterocycles. The lowest BCUT2D eigenvalue weighted by Crippen LogP contribution is -2.37. The highest BCUT2D eigenvalue weighted by Crippen LogP contribution is 2.20. The second kappa shape index (κ2) is 10.7. The van der Waals surface area contributed by atoms with Gasteiger partial charge >= 0.3 is 0 Å². The van der Waals surface area contributed by atoms with Crippen molar-refractivity contribution in [3.63, 3.8) is 0 Å². The number of aromatic nitrogens is 2. The molecule has 1 aromatic carbocycles. The lowest BCUT2D eigenvalue weighted by atomic mass is 10.2. The average molecular weight is 484 g/mol. The van der Waals surface area contributed by atoms with Crippen LogP contribution in [0.1, 0.15) is 23.7 Å². The van der Waals surface area contributed by atoms with Crippen LogP contribution in [0.2, 0.25) is 10.0 Å². The first-order valence-corrected chi connectivity index (χ1v) is 8.01. The van der Waals surface area contributed by atoms with Gasteiger partial charge in [-0.05, 0) is 31.0 Å². The van der Waals surface area contributed by atoms with Crippen molar-refractivity contribution < 1.29 is 4.52 Å². The third kappa shape index (κ3) is 6.82. The molecule has 0 aliphatic carbocycles. The molecule has 0 aliphatic rings. The Hall–Kier alpha value is -1.06. The van der Waals surface area contributed by atoms with Crippen molar-refractivity contribution >= 4 is 53.1 Å². The Kier molecular flexibility index (Phi) is 9.38. The molecular formula is C15H20Cl2IN5O. The van der Waals surface area contributed by atoms with Gasteiger partial charge in [0.25, 0.3) is 0 Å². The molecule has 24 heavy (non-hydrogen) atoms. The molecule has 6 nitrogen and oxygen atoms in total. The molecule has 1 heterocycles. The largest absolute Gasteiger partial charge is 0.356 e. The summed E-state index contributed by atoms with van der Waals surface area (Å²) in [6.45, 7) is 3.12. The van der Waals surface area contributed by atoms with Crippen LogP contribution < -0.4 is 10.6 Å². The zero-order valence-electron chi connectivity index (χ0n) is 13.5. The minimum Gasteiger partial charge on any atom is -0.356 e. The number of aliphatic imine (C=N–C) groups is 1. The maximum absolute atomic E-state index is 6.14. The topological polar surface area (TPSA) is 75.3 Å². The van der Waals surface area contributed by atoms with Gasteiger partial charge in [-0.2, -0.15) is 4.98 Å². The summed E-state index contributed by atoms with van der Waals surface area (Å²) in [6, 6.07) is 5.43. The second-order valence-electron chi connectivity index (χ2n) is 4.93. The van der Waals surface area contributed by atoms with E-state index < -0.39 is 0 Å². The van der Waals surface area contributed by atoms with Crippen LogP contribution in [-0.4, -0.2) is 29.7 Å². The zero-order valence-corrected chi connectivity index (χ0v) is 17.3. The normalized spacial score (nSPS) is 11.1. The van der Waals surface area contributed by atoms with E-state index in [2.05, 4.69) is 25.8 Å². The maximum atomic E-state index is 6.14. The fourth-order valence-electron chi connectivity index (χ4n) is 1.95. The highest BCUT2D eigenvalue weighted by molar-refractivity contribution is 14.0. The minimum atomic E-state index is 0. The molecule has 2 rings (SSSR count). The summed E-state index contributed by atoms with van der Waals surface area (Å²) in [4.78, 5) is 8.34. The first-order chi connectivity index (χ1) is 11.1. The number of hydrogen-bond acceptors (Lipinski definition) is 4. The maximum Gasteiger partial charge on any atom is 0.226 e. The highest BCUT2D eigenvalue weighted by Gasteiger charge is 2.04. The van der Waals surface area contributed by atoms with Crippen LogP contribution in [0.5, 0.6) is 0 Å². The van der Waals surface area contributed by atoms with E-state index in [1.54, 1.807) is 20.0 Å². The smallest absolute Gasteiger partial charge is 0.226 e. The molecule has 0 saturated carbocycles. The van der Waals surface area contributed by atoms with Gasteiger partial charge in [-0.15, -0.1) is 24.0 Å². The van der Waals surface area contributed by atoms with E-state index in [9.17, 15) is 0 Å². The van der Waals surface area contributed by atoms with E-state index in [0.717, 1.165) is 24.9 Å². The van der Waals surface area contributed by atoms with Gasteiger partial charge < -0.3 is 15.2 Å². The summed E-state index contributed by atoms with van der Waals surface area (Å²) in [5, 5.41) is 11.5. The van der Waals surface area contributed by atoms with E-state index in [0.29, 0.717) is 34.3 Å². The van der Waals surface area contributed by atoms with Crippen LogP contribution in [0.3, 0.4) is 0 Å². The van der Waals surface area contributed by atoms with Crippen LogP contribution in [0.4, 0.5) is 0 Å². The number of nitrogens with one attached hydrogen (secondary N) is 2. The fraction of sp³-hybridized carbons (Fsp3) is 0.400. The van der Waals surface area contributed by atoms with Gasteiger partial charge in [0.15, 0.2) is 11.8 Å². The molecule has 2 aromatic rings. The third-order valence-corrected chi connectivity index (χ3v) is 3.70. The van der Waals surface area contributed by atoms with Gasteiger partial charge in [-0.25, -0.2) is 0 Å². The molecule has 0 atom stereocenters. The third-order valence-electron chi connectivity index (χ3n) is 3.11. The van der Waals surface area contributed by atoms with Crippen LogP contribution >= 0.6 is 47.2 Å². The molecule has 0 aliphatic heterocycles. The van der Waals surface area contributed by atoms with Crippen LogP contribution in [-0.2, 0) is 13.0 Å². The molecule has 0 spiro atoms. The first kappa shape index (κ1) is 21.0. The summed E-state index contributed by atoms with van der Waals surface area (Å²) in [5.74, 6) is 2.02. The number of benzene rings is 1. The molecule has 2 N–H and O–H groups in total. The second-order valence-corrected chi connectivity index (χ2v) is 5.77. The van der Waals surface area contributed by atoms with Gasteiger partial charge in [-0.1, -0.05) is 34.4 Å². The number of aryl methyl sites for hydroxylation is 2. The van der Waals surface area contributed by atoms with E-state index in [1.807, 2.05) is 12.1 Å². The predicted molar refractivity (Wildman–Crippen MR) is 107 cm³/mol. The Bertz CT molecular complexity index is 678. The van der Waals surface area contributed by atoms with Crippen molar-refractivity contribution in [1.82, 2.24) is 20.8 Å². The van der Waals surface area contributed by atoms with E-state index in [4.69, 9.17) is 27.7 Å². The Balaban J connectivity index is 0.00000288. The van der Waals surface area contributed by atoms with Crippen molar-refractivity contribution in [2.75, 3.05) is 13.6 Å². The Morgan fingerprint density at radius 2 is 2.08 bits per heavy atom. The average Bonchev–Trinajstić information content (AvgIpc) is 2.93. The number of nitrogens with zero attached hydrogens (tertiary/aromatic N) is 3. The van der Waals surface area contributed by atoms with E-state index >= 15 is 0 Å². The van der Waals surface area contributed by atoms with Gasteiger partial charge in [0, 0.05) is 36.6 Å². The van der Waals surface area contributed by atoms with Crippen molar-refractivity contribution in [1.29, 1.82) is 0 Å². The molecular weight excluding hydrogens is 464 g/mol. The van der Waals surface area contributed by atoms with Crippen LogP contribution in [0, 0.1) is 6.92 Å². The summed E-state index contributed by atoms with van der Waals surface area (Å²) in [6.07, 6.45) is 1.60. The lowest BCUT2D eigenvalue weighted by Gasteiger charge is -2.12. The summed E-state index contributed by atoms with van der Waals surface area (Å²) in [7, 11) is 1.72. The van der Waals surface area contributed by atoms with Gasteiger partial charge in [0.2, 0.25) is 5.89 Å². The zero-order chi connectivity index (χ0) is 16.7. The highest BCUT2D eigenvalue weighted by atomic mass is 127. The van der Waals surface area contributed by atoms with Crippen molar-refractivity contribution in [3.8, 4) is 0 Å². The number of rotatable bonds is 6. The fourth-order valence-corrected chi connectivity index (χ4v) is 2.43. The summed E-state index contributed by atoms with van der Waals surface area (Å²) < 4.78 is 5.07. The van der Waals surface area contributed by atoms with Crippen molar-refractivity contribution in [3.05, 3.63) is 45.5 Å². The van der Waals surface area contributed by atoms with Crippen molar-refractivity contribution in [2.24, 2.45) is 4.99 Å². The molecule has 0 saturated heterocycles. The standard InChI is InChI=1S/C15H19Cl2N5O.HI/c1-10-21-14(23-22-10)4-3-7-19-15(18-2)20-9-11-5-6-12(16)8-13(11)17;/h5-6,8H,3-4,7,9H2,1-2H3,(H2,18,19,20);1H. The summed E-state index contributed by atoms with van der Waals surface area (Å²) in [5.41, 5.74) is 0.959. The molecule has 0 amide bonds. The van der Waals surface area contributed by atoms with E-state index in [-0.39, 0.29) is 24.0 Å². The molecule has 0 fully saturated rings. The van der Waals surface area contributed by atoms with Gasteiger partial charge in [0.05, 0.1) is 0 Å². The number of hydrogen-bond donors (Lipinski definition) is 2. The molecule has 0 radical (unpaired) electrons. The SMILES string of the molecule is CN=C(NCCCc1nc(C)no1)NCc1ccc(Cl)cc1Cl.I. The molecule has 132 valence electrons. The van der Waals surface area contributed by atoms with Crippen molar-refractivity contribution in [2.45, 2.75) is 26.3 Å². The molecule has 9 heteroatoms. The van der Waals surface area contributed by atoms with Gasteiger partial charge in [-0.3, -0.25) is 4.99 Å².